The van der Waals surface area contributed by atoms with Crippen molar-refractivity contribution in [2.75, 3.05) is 11.0 Å². The predicted octanol–water partition coefficient (Wildman–Crippen LogP) is 0.790. The molecule has 3 N–H and O–H groups in total. The van der Waals surface area contributed by atoms with E-state index in [1.165, 1.54) is 6.92 Å². The molecule has 9 heteroatoms. The van der Waals surface area contributed by atoms with Gasteiger partial charge in [-0.3, -0.25) is 14.3 Å². The van der Waals surface area contributed by atoms with E-state index in [4.69, 9.17) is 5.11 Å². The molecule has 0 radical (unpaired) electrons. The molecule has 1 aromatic rings. The minimum Gasteiger partial charge on any atom is -0.481 e. The van der Waals surface area contributed by atoms with Crippen LogP contribution in [0.3, 0.4) is 0 Å². The third-order valence-electron chi connectivity index (χ3n) is 2.38. The number of carboxylic acids is 1. The van der Waals surface area contributed by atoms with Gasteiger partial charge in [-0.25, -0.2) is 12.8 Å². The lowest BCUT2D eigenvalue weighted by molar-refractivity contribution is -0.137. The molecular weight excluding hydrogens is 303 g/mol. The average molecular weight is 318 g/mol. The topological polar surface area (TPSA) is 113 Å². The van der Waals surface area contributed by atoms with E-state index in [9.17, 15) is 22.4 Å². The number of aliphatic carboxylic acids is 1. The summed E-state index contributed by atoms with van der Waals surface area (Å²) in [6, 6.07) is 2.30. The molecule has 0 fully saturated rings. The maximum absolute atomic E-state index is 13.2. The standard InChI is InChI=1S/C12H15FN2O5S/c1-7(5-11(16)17)14-12(18)9-6-8(13)3-4-10(9)15-21(2,19)20/h3-4,6-7,15H,5H2,1-2H3,(H,14,18)(H,16,17). The second-order valence-electron chi connectivity index (χ2n) is 4.54. The van der Waals surface area contributed by atoms with Crippen molar-refractivity contribution >= 4 is 27.6 Å². The molecule has 0 aromatic heterocycles. The quantitative estimate of drug-likeness (QED) is 0.718. The Morgan fingerprint density at radius 3 is 2.52 bits per heavy atom. The third kappa shape index (κ3) is 5.78. The van der Waals surface area contributed by atoms with Crippen molar-refractivity contribution < 1.29 is 27.5 Å². The summed E-state index contributed by atoms with van der Waals surface area (Å²) in [6.07, 6.45) is 0.584. The maximum atomic E-state index is 13.2. The number of nitrogens with one attached hydrogen (secondary N) is 2. The van der Waals surface area contributed by atoms with Crippen molar-refractivity contribution in [3.8, 4) is 0 Å². The van der Waals surface area contributed by atoms with Crippen LogP contribution in [0.25, 0.3) is 0 Å². The highest BCUT2D eigenvalue weighted by Gasteiger charge is 2.18. The van der Waals surface area contributed by atoms with Gasteiger partial charge in [-0.15, -0.1) is 0 Å². The largest absolute Gasteiger partial charge is 0.481 e. The molecule has 1 rings (SSSR count). The van der Waals surface area contributed by atoms with Gasteiger partial charge in [0.25, 0.3) is 5.91 Å². The van der Waals surface area contributed by atoms with Crippen LogP contribution < -0.4 is 10.0 Å². The molecule has 1 unspecified atom stereocenters. The smallest absolute Gasteiger partial charge is 0.305 e. The summed E-state index contributed by atoms with van der Waals surface area (Å²) in [6.45, 7) is 1.47. The molecule has 0 bridgehead atoms. The van der Waals surface area contributed by atoms with Crippen LogP contribution in [0.5, 0.6) is 0 Å². The van der Waals surface area contributed by atoms with Gasteiger partial charge in [-0.2, -0.15) is 0 Å². The average Bonchev–Trinajstić information content (AvgIpc) is 2.28. The molecule has 0 heterocycles. The molecule has 1 aromatic carbocycles. The number of sulfonamides is 1. The zero-order valence-corrected chi connectivity index (χ0v) is 12.2. The van der Waals surface area contributed by atoms with E-state index in [0.717, 1.165) is 24.5 Å². The van der Waals surface area contributed by atoms with Crippen molar-refractivity contribution in [1.29, 1.82) is 0 Å². The van der Waals surface area contributed by atoms with Gasteiger partial charge in [0.05, 0.1) is 23.9 Å². The lowest BCUT2D eigenvalue weighted by atomic mass is 10.1. The van der Waals surface area contributed by atoms with E-state index in [1.54, 1.807) is 0 Å². The zero-order chi connectivity index (χ0) is 16.2. The number of anilines is 1. The molecule has 21 heavy (non-hydrogen) atoms. The Morgan fingerprint density at radius 2 is 2.00 bits per heavy atom. The molecular formula is C12H15FN2O5S. The highest BCUT2D eigenvalue weighted by atomic mass is 32.2. The fourth-order valence-corrected chi connectivity index (χ4v) is 2.19. The fraction of sp³-hybridized carbons (Fsp3) is 0.333. The number of benzene rings is 1. The first-order valence-electron chi connectivity index (χ1n) is 5.88. The number of hydrogen-bond donors (Lipinski definition) is 3. The fourth-order valence-electron chi connectivity index (χ4n) is 1.61. The Morgan fingerprint density at radius 1 is 1.38 bits per heavy atom. The van der Waals surface area contributed by atoms with Crippen LogP contribution in [0.1, 0.15) is 23.7 Å². The number of rotatable bonds is 6. The molecule has 0 aliphatic carbocycles. The van der Waals surface area contributed by atoms with Crippen molar-refractivity contribution in [2.24, 2.45) is 0 Å². The molecule has 0 aliphatic rings. The van der Waals surface area contributed by atoms with Gasteiger partial charge in [-0.1, -0.05) is 0 Å². The lowest BCUT2D eigenvalue weighted by Gasteiger charge is -2.14. The van der Waals surface area contributed by atoms with Crippen LogP contribution in [-0.2, 0) is 14.8 Å². The Bertz CT molecular complexity index is 660. The third-order valence-corrected chi connectivity index (χ3v) is 2.97. The van der Waals surface area contributed by atoms with Crippen molar-refractivity contribution in [3.05, 3.63) is 29.6 Å². The molecule has 0 aliphatic heterocycles. The molecule has 1 amide bonds. The summed E-state index contributed by atoms with van der Waals surface area (Å²) >= 11 is 0. The molecule has 116 valence electrons. The highest BCUT2D eigenvalue weighted by Crippen LogP contribution is 2.18. The Kier molecular flexibility index (Phi) is 5.25. The summed E-state index contributed by atoms with van der Waals surface area (Å²) in [4.78, 5) is 22.5. The number of amides is 1. The van der Waals surface area contributed by atoms with Gasteiger partial charge in [0.1, 0.15) is 5.82 Å². The Hall–Kier alpha value is -2.16. The summed E-state index contributed by atoms with van der Waals surface area (Å²) in [5, 5.41) is 11.0. The van der Waals surface area contributed by atoms with Gasteiger partial charge >= 0.3 is 5.97 Å². The lowest BCUT2D eigenvalue weighted by Crippen LogP contribution is -2.34. The van der Waals surface area contributed by atoms with Crippen LogP contribution >= 0.6 is 0 Å². The Labute approximate surface area is 121 Å². The number of hydrogen-bond acceptors (Lipinski definition) is 4. The van der Waals surface area contributed by atoms with E-state index in [0.29, 0.717) is 0 Å². The first-order chi connectivity index (χ1) is 9.58. The van der Waals surface area contributed by atoms with Gasteiger partial charge in [-0.05, 0) is 25.1 Å². The maximum Gasteiger partial charge on any atom is 0.305 e. The van der Waals surface area contributed by atoms with Gasteiger partial charge in [0, 0.05) is 6.04 Å². The normalized spacial score (nSPS) is 12.5. The van der Waals surface area contributed by atoms with E-state index in [-0.39, 0.29) is 17.7 Å². The Balaban J connectivity index is 3.02. The molecule has 0 saturated carbocycles. The van der Waals surface area contributed by atoms with Gasteiger partial charge in [0.2, 0.25) is 10.0 Å². The molecule has 0 spiro atoms. The second-order valence-corrected chi connectivity index (χ2v) is 6.28. The van der Waals surface area contributed by atoms with Crippen LogP contribution in [-0.4, -0.2) is 37.7 Å². The number of halogens is 1. The highest BCUT2D eigenvalue weighted by molar-refractivity contribution is 7.92. The molecule has 7 nitrogen and oxygen atoms in total. The predicted molar refractivity (Wildman–Crippen MR) is 74.0 cm³/mol. The number of carbonyl (C=O) groups excluding carboxylic acids is 1. The van der Waals surface area contributed by atoms with E-state index in [1.807, 2.05) is 0 Å². The van der Waals surface area contributed by atoms with Gasteiger partial charge in [0.15, 0.2) is 0 Å². The summed E-state index contributed by atoms with van der Waals surface area (Å²) < 4.78 is 37.8. The summed E-state index contributed by atoms with van der Waals surface area (Å²) in [5.74, 6) is -2.59. The van der Waals surface area contributed by atoms with Crippen molar-refractivity contribution in [2.45, 2.75) is 19.4 Å². The SMILES string of the molecule is CC(CC(=O)O)NC(=O)c1cc(F)ccc1NS(C)(=O)=O. The first-order valence-corrected chi connectivity index (χ1v) is 7.77. The van der Waals surface area contributed by atoms with E-state index < -0.39 is 33.8 Å². The van der Waals surface area contributed by atoms with E-state index >= 15 is 0 Å². The molecule has 0 saturated heterocycles. The number of carboxylic acid groups (broad SMARTS) is 1. The van der Waals surface area contributed by atoms with Gasteiger partial charge < -0.3 is 10.4 Å². The first kappa shape index (κ1) is 16.9. The van der Waals surface area contributed by atoms with Crippen molar-refractivity contribution in [3.63, 3.8) is 0 Å². The second kappa shape index (κ2) is 6.53. The minimum atomic E-state index is -3.64. The van der Waals surface area contributed by atoms with Crippen LogP contribution in [0.2, 0.25) is 0 Å². The monoisotopic (exact) mass is 318 g/mol. The summed E-state index contributed by atoms with van der Waals surface area (Å²) in [7, 11) is -3.64. The minimum absolute atomic E-state index is 0.0843. The van der Waals surface area contributed by atoms with Crippen molar-refractivity contribution in [1.82, 2.24) is 5.32 Å². The molecule has 1 atom stereocenters. The van der Waals surface area contributed by atoms with Crippen LogP contribution in [0.15, 0.2) is 18.2 Å². The summed E-state index contributed by atoms with van der Waals surface area (Å²) in [5.41, 5.74) is -0.309. The van der Waals surface area contributed by atoms with Crippen LogP contribution in [0, 0.1) is 5.82 Å². The van der Waals surface area contributed by atoms with Crippen LogP contribution in [0.4, 0.5) is 10.1 Å². The zero-order valence-electron chi connectivity index (χ0n) is 11.4. The number of carbonyl (C=O) groups is 2. The van der Waals surface area contributed by atoms with E-state index in [2.05, 4.69) is 10.0 Å².